The molecule has 0 fully saturated rings. The lowest BCUT2D eigenvalue weighted by molar-refractivity contribution is 0.791. The van der Waals surface area contributed by atoms with Crippen LogP contribution in [0.2, 0.25) is 0 Å². The van der Waals surface area contributed by atoms with Gasteiger partial charge in [0.25, 0.3) is 5.56 Å². The van der Waals surface area contributed by atoms with Crippen molar-refractivity contribution in [2.75, 3.05) is 5.32 Å². The number of thiophene rings is 2. The van der Waals surface area contributed by atoms with Crippen LogP contribution in [0.4, 0.5) is 5.69 Å². The van der Waals surface area contributed by atoms with Crippen LogP contribution in [0.15, 0.2) is 52.0 Å². The van der Waals surface area contributed by atoms with Gasteiger partial charge in [-0.2, -0.15) is 0 Å². The van der Waals surface area contributed by atoms with E-state index in [0.29, 0.717) is 17.1 Å². The third-order valence-electron chi connectivity index (χ3n) is 4.60. The van der Waals surface area contributed by atoms with Gasteiger partial charge in [-0.25, -0.2) is 4.98 Å². The first-order valence-corrected chi connectivity index (χ1v) is 10.7. The monoisotopic (exact) mass is 395 g/mol. The molecule has 0 saturated carbocycles. The zero-order valence-electron chi connectivity index (χ0n) is 15.4. The van der Waals surface area contributed by atoms with Crippen LogP contribution in [0, 0.1) is 0 Å². The van der Waals surface area contributed by atoms with Gasteiger partial charge in [0.2, 0.25) is 0 Å². The van der Waals surface area contributed by atoms with Crippen molar-refractivity contribution >= 4 is 38.6 Å². The molecular formula is C21H21N3OS2. The number of hydrogen-bond donors (Lipinski definition) is 2. The second kappa shape index (κ2) is 7.29. The molecule has 0 aliphatic carbocycles. The lowest BCUT2D eigenvalue weighted by atomic mass is 10.0. The lowest BCUT2D eigenvalue weighted by Crippen LogP contribution is -2.17. The summed E-state index contributed by atoms with van der Waals surface area (Å²) in [6.07, 6.45) is 0. The van der Waals surface area contributed by atoms with Crippen molar-refractivity contribution in [1.29, 1.82) is 0 Å². The van der Waals surface area contributed by atoms with E-state index in [9.17, 15) is 4.79 Å². The Hall–Kier alpha value is -2.44. The molecule has 0 aliphatic heterocycles. The first-order valence-electron chi connectivity index (χ1n) is 8.94. The highest BCUT2D eigenvalue weighted by molar-refractivity contribution is 7.18. The highest BCUT2D eigenvalue weighted by Gasteiger charge is 2.16. The van der Waals surface area contributed by atoms with E-state index in [2.05, 4.69) is 42.3 Å². The number of anilines is 1. The van der Waals surface area contributed by atoms with Crippen LogP contribution >= 0.6 is 22.7 Å². The van der Waals surface area contributed by atoms with Gasteiger partial charge >= 0.3 is 0 Å². The van der Waals surface area contributed by atoms with Crippen LogP contribution in [0.25, 0.3) is 20.7 Å². The maximum absolute atomic E-state index is 12.8. The summed E-state index contributed by atoms with van der Waals surface area (Å²) in [6, 6.07) is 12.3. The number of benzene rings is 1. The van der Waals surface area contributed by atoms with E-state index in [0.717, 1.165) is 21.0 Å². The molecule has 0 saturated heterocycles. The van der Waals surface area contributed by atoms with Crippen LogP contribution < -0.4 is 10.9 Å². The van der Waals surface area contributed by atoms with Gasteiger partial charge in [0, 0.05) is 21.5 Å². The van der Waals surface area contributed by atoms with Crippen molar-refractivity contribution < 1.29 is 0 Å². The molecule has 0 aliphatic rings. The zero-order chi connectivity index (χ0) is 19.0. The van der Waals surface area contributed by atoms with Crippen molar-refractivity contribution in [3.8, 4) is 10.4 Å². The van der Waals surface area contributed by atoms with Crippen molar-refractivity contribution in [2.45, 2.75) is 32.7 Å². The molecule has 0 radical (unpaired) electrons. The van der Waals surface area contributed by atoms with E-state index in [1.54, 1.807) is 11.3 Å². The SMILES string of the molecule is CC(C)c1cccc(N[C@@H](C)c2nc3scc(-c4cccs4)c3c(=O)[nH]2)c1. The first kappa shape index (κ1) is 17.9. The molecular weight excluding hydrogens is 374 g/mol. The number of aromatic amines is 1. The van der Waals surface area contributed by atoms with Gasteiger partial charge in [0.1, 0.15) is 10.7 Å². The van der Waals surface area contributed by atoms with Gasteiger partial charge in [0.15, 0.2) is 0 Å². The average molecular weight is 396 g/mol. The normalized spacial score (nSPS) is 12.6. The Morgan fingerprint density at radius 2 is 1.96 bits per heavy atom. The van der Waals surface area contributed by atoms with Gasteiger partial charge in [-0.15, -0.1) is 22.7 Å². The predicted octanol–water partition coefficient (Wildman–Crippen LogP) is 6.01. The summed E-state index contributed by atoms with van der Waals surface area (Å²) in [6.45, 7) is 6.37. The van der Waals surface area contributed by atoms with E-state index in [1.807, 2.05) is 35.9 Å². The number of nitrogens with one attached hydrogen (secondary N) is 2. The molecule has 27 heavy (non-hydrogen) atoms. The summed E-state index contributed by atoms with van der Waals surface area (Å²) in [5.41, 5.74) is 3.20. The second-order valence-electron chi connectivity index (χ2n) is 6.90. The van der Waals surface area contributed by atoms with Gasteiger partial charge in [-0.05, 0) is 42.0 Å². The molecule has 4 rings (SSSR count). The topological polar surface area (TPSA) is 57.8 Å². The molecule has 1 atom stereocenters. The van der Waals surface area contributed by atoms with Gasteiger partial charge in [-0.3, -0.25) is 4.79 Å². The largest absolute Gasteiger partial charge is 0.375 e. The van der Waals surface area contributed by atoms with Crippen LogP contribution in [0.1, 0.15) is 44.1 Å². The molecule has 138 valence electrons. The highest BCUT2D eigenvalue weighted by Crippen LogP contribution is 2.34. The quantitative estimate of drug-likeness (QED) is 0.435. The van der Waals surface area contributed by atoms with Crippen molar-refractivity contribution in [2.24, 2.45) is 0 Å². The molecule has 2 N–H and O–H groups in total. The molecule has 3 heterocycles. The van der Waals surface area contributed by atoms with Crippen LogP contribution in [-0.4, -0.2) is 9.97 Å². The Bertz CT molecular complexity index is 1130. The molecule has 3 aromatic heterocycles. The average Bonchev–Trinajstić information content (AvgIpc) is 3.31. The maximum Gasteiger partial charge on any atom is 0.260 e. The third kappa shape index (κ3) is 3.55. The minimum absolute atomic E-state index is 0.0794. The lowest BCUT2D eigenvalue weighted by Gasteiger charge is -2.16. The molecule has 4 aromatic rings. The summed E-state index contributed by atoms with van der Waals surface area (Å²) in [4.78, 5) is 22.3. The molecule has 0 unspecified atom stereocenters. The Balaban J connectivity index is 1.66. The maximum atomic E-state index is 12.8. The second-order valence-corrected chi connectivity index (χ2v) is 8.71. The number of H-pyrrole nitrogens is 1. The van der Waals surface area contributed by atoms with E-state index < -0.39 is 0 Å². The molecule has 4 nitrogen and oxygen atoms in total. The number of nitrogens with zero attached hydrogens (tertiary/aromatic N) is 1. The standard InChI is InChI=1S/C21H21N3OS2/c1-12(2)14-6-4-7-15(10-14)22-13(3)19-23-20(25)18-16(11-27-21(18)24-19)17-8-5-9-26-17/h4-13,22H,1-3H3,(H,23,24,25)/t13-/m0/s1. The Kier molecular flexibility index (Phi) is 4.85. The molecule has 0 spiro atoms. The van der Waals surface area contributed by atoms with E-state index >= 15 is 0 Å². The molecule has 0 bridgehead atoms. The van der Waals surface area contributed by atoms with E-state index in [-0.39, 0.29) is 11.6 Å². The Morgan fingerprint density at radius 3 is 2.70 bits per heavy atom. The minimum Gasteiger partial charge on any atom is -0.375 e. The van der Waals surface area contributed by atoms with Crippen molar-refractivity contribution in [3.63, 3.8) is 0 Å². The fourth-order valence-corrected chi connectivity index (χ4v) is 4.86. The fraction of sp³-hybridized carbons (Fsp3) is 0.238. The summed E-state index contributed by atoms with van der Waals surface area (Å²) < 4.78 is 0. The van der Waals surface area contributed by atoms with Gasteiger partial charge in [-0.1, -0.05) is 32.0 Å². The van der Waals surface area contributed by atoms with Gasteiger partial charge in [0.05, 0.1) is 11.4 Å². The number of rotatable bonds is 5. The number of fused-ring (bicyclic) bond motifs is 1. The molecule has 1 aromatic carbocycles. The smallest absolute Gasteiger partial charge is 0.260 e. The summed E-state index contributed by atoms with van der Waals surface area (Å²) in [5, 5.41) is 8.17. The first-order chi connectivity index (χ1) is 13.0. The number of hydrogen-bond acceptors (Lipinski definition) is 5. The van der Waals surface area contributed by atoms with Crippen LogP contribution in [0.3, 0.4) is 0 Å². The number of aromatic nitrogens is 2. The Labute approximate surface area is 165 Å². The minimum atomic E-state index is -0.100. The van der Waals surface area contributed by atoms with E-state index in [4.69, 9.17) is 4.98 Å². The Morgan fingerprint density at radius 1 is 1.11 bits per heavy atom. The van der Waals surface area contributed by atoms with E-state index in [1.165, 1.54) is 16.9 Å². The summed E-state index contributed by atoms with van der Waals surface area (Å²) in [7, 11) is 0. The predicted molar refractivity (Wildman–Crippen MR) is 116 cm³/mol. The van der Waals surface area contributed by atoms with Gasteiger partial charge < -0.3 is 10.3 Å². The zero-order valence-corrected chi connectivity index (χ0v) is 17.1. The fourth-order valence-electron chi connectivity index (χ4n) is 3.09. The van der Waals surface area contributed by atoms with Crippen LogP contribution in [0.5, 0.6) is 0 Å². The molecule has 6 heteroatoms. The van der Waals surface area contributed by atoms with Crippen molar-refractivity contribution in [3.05, 3.63) is 68.9 Å². The van der Waals surface area contributed by atoms with Crippen LogP contribution in [-0.2, 0) is 0 Å². The van der Waals surface area contributed by atoms with Crippen molar-refractivity contribution in [1.82, 2.24) is 9.97 Å². The third-order valence-corrected chi connectivity index (χ3v) is 6.37. The molecule has 0 amide bonds. The summed E-state index contributed by atoms with van der Waals surface area (Å²) in [5.74, 6) is 1.13. The summed E-state index contributed by atoms with van der Waals surface area (Å²) >= 11 is 3.15. The highest BCUT2D eigenvalue weighted by atomic mass is 32.1.